The largest absolute Gasteiger partial charge is 0.306 e. The van der Waals surface area contributed by atoms with E-state index in [1.807, 2.05) is 44.2 Å². The Labute approximate surface area is 174 Å². The molecule has 148 valence electrons. The van der Waals surface area contributed by atoms with Crippen molar-refractivity contribution in [3.63, 3.8) is 0 Å². The molecule has 1 amide bonds. The third-order valence-corrected chi connectivity index (χ3v) is 5.77. The molecule has 0 aliphatic rings. The molecule has 0 aliphatic heterocycles. The number of nitrogens with zero attached hydrogens (tertiary/aromatic N) is 3. The van der Waals surface area contributed by atoms with E-state index in [1.165, 1.54) is 5.56 Å². The Balaban J connectivity index is 1.70. The number of rotatable bonds is 3. The highest BCUT2D eigenvalue weighted by Crippen LogP contribution is 2.31. The number of carbonyl (C=O) groups excluding carboxylic acids is 1. The fourth-order valence-electron chi connectivity index (χ4n) is 3.18. The van der Waals surface area contributed by atoms with Gasteiger partial charge < -0.3 is 5.32 Å². The molecular weight excluding hydrogens is 380 g/mol. The van der Waals surface area contributed by atoms with Crippen molar-refractivity contribution in [3.05, 3.63) is 70.9 Å². The first-order valence-electron chi connectivity index (χ1n) is 9.57. The minimum atomic E-state index is -0.161. The number of benzene rings is 2. The summed E-state index contributed by atoms with van der Waals surface area (Å²) >= 11 is 1.57. The van der Waals surface area contributed by atoms with Gasteiger partial charge in [-0.2, -0.15) is 9.78 Å². The van der Waals surface area contributed by atoms with Gasteiger partial charge in [0.25, 0.3) is 5.91 Å². The number of aryl methyl sites for hydroxylation is 2. The molecule has 1 N–H and O–H groups in total. The lowest BCUT2D eigenvalue weighted by atomic mass is 9.87. The summed E-state index contributed by atoms with van der Waals surface area (Å²) in [7, 11) is 0. The number of hydrogen-bond donors (Lipinski definition) is 1. The van der Waals surface area contributed by atoms with Crippen LogP contribution in [0.4, 0.5) is 5.82 Å². The smallest absolute Gasteiger partial charge is 0.256 e. The van der Waals surface area contributed by atoms with E-state index in [1.54, 1.807) is 16.0 Å². The van der Waals surface area contributed by atoms with E-state index in [0.29, 0.717) is 11.4 Å². The highest BCUT2D eigenvalue weighted by molar-refractivity contribution is 7.20. The topological polar surface area (TPSA) is 59.8 Å². The molecule has 0 radical (unpaired) electrons. The Morgan fingerprint density at radius 1 is 1.07 bits per heavy atom. The van der Waals surface area contributed by atoms with Crippen LogP contribution in [0, 0.1) is 13.8 Å². The number of thiazole rings is 1. The SMILES string of the molecule is Cc1cccc(C(=O)Nc2cc(C)nn2-c2nc3ccc(C(C)(C)C)cc3s2)c1. The Bertz CT molecular complexity index is 1210. The van der Waals surface area contributed by atoms with Crippen LogP contribution < -0.4 is 5.32 Å². The van der Waals surface area contributed by atoms with Crippen molar-refractivity contribution < 1.29 is 4.79 Å². The van der Waals surface area contributed by atoms with E-state index in [0.717, 1.165) is 26.6 Å². The molecule has 0 bridgehead atoms. The van der Waals surface area contributed by atoms with Crippen molar-refractivity contribution in [2.75, 3.05) is 5.32 Å². The quantitative estimate of drug-likeness (QED) is 0.480. The van der Waals surface area contributed by atoms with E-state index >= 15 is 0 Å². The number of amides is 1. The maximum atomic E-state index is 12.7. The number of nitrogens with one attached hydrogen (secondary N) is 1. The second-order valence-corrected chi connectivity index (χ2v) is 9.34. The summed E-state index contributed by atoms with van der Waals surface area (Å²) in [5.41, 5.74) is 4.76. The Kier molecular flexibility index (Phi) is 4.74. The van der Waals surface area contributed by atoms with Crippen molar-refractivity contribution in [1.82, 2.24) is 14.8 Å². The van der Waals surface area contributed by atoms with Crippen molar-refractivity contribution in [3.8, 4) is 5.13 Å². The van der Waals surface area contributed by atoms with Gasteiger partial charge >= 0.3 is 0 Å². The number of anilines is 1. The van der Waals surface area contributed by atoms with Gasteiger partial charge in [-0.1, -0.05) is 55.9 Å². The minimum Gasteiger partial charge on any atom is -0.306 e. The molecule has 0 unspecified atom stereocenters. The fourth-order valence-corrected chi connectivity index (χ4v) is 4.15. The second kappa shape index (κ2) is 7.12. The van der Waals surface area contributed by atoms with Crippen LogP contribution in [-0.2, 0) is 5.41 Å². The predicted octanol–water partition coefficient (Wildman–Crippen LogP) is 5.65. The molecule has 4 rings (SSSR count). The van der Waals surface area contributed by atoms with E-state index < -0.39 is 0 Å². The van der Waals surface area contributed by atoms with Crippen molar-refractivity contribution in [1.29, 1.82) is 0 Å². The maximum Gasteiger partial charge on any atom is 0.256 e. The molecule has 4 aromatic rings. The van der Waals surface area contributed by atoms with Crippen LogP contribution in [0.25, 0.3) is 15.3 Å². The molecular formula is C23H24N4OS. The third kappa shape index (κ3) is 3.93. The van der Waals surface area contributed by atoms with Gasteiger partial charge in [-0.05, 0) is 49.1 Å². The molecule has 0 aliphatic carbocycles. The predicted molar refractivity (Wildman–Crippen MR) is 119 cm³/mol. The van der Waals surface area contributed by atoms with Crippen LogP contribution in [0.2, 0.25) is 0 Å². The monoisotopic (exact) mass is 404 g/mol. The summed E-state index contributed by atoms with van der Waals surface area (Å²) in [6.07, 6.45) is 0. The van der Waals surface area contributed by atoms with Crippen LogP contribution in [0.15, 0.2) is 48.5 Å². The molecule has 2 heterocycles. The first-order chi connectivity index (χ1) is 13.7. The van der Waals surface area contributed by atoms with Gasteiger partial charge in [0.1, 0.15) is 5.82 Å². The zero-order valence-corrected chi connectivity index (χ0v) is 18.1. The first-order valence-corrected chi connectivity index (χ1v) is 10.4. The third-order valence-electron chi connectivity index (χ3n) is 4.78. The Morgan fingerprint density at radius 3 is 2.59 bits per heavy atom. The average Bonchev–Trinajstić information content (AvgIpc) is 3.23. The molecule has 5 nitrogen and oxygen atoms in total. The molecule has 2 aromatic heterocycles. The molecule has 0 spiro atoms. The van der Waals surface area contributed by atoms with Crippen LogP contribution in [-0.4, -0.2) is 20.7 Å². The van der Waals surface area contributed by atoms with Crippen LogP contribution in [0.5, 0.6) is 0 Å². The minimum absolute atomic E-state index is 0.0770. The molecule has 2 aromatic carbocycles. The number of carbonyl (C=O) groups is 1. The van der Waals surface area contributed by atoms with E-state index in [4.69, 9.17) is 4.98 Å². The van der Waals surface area contributed by atoms with Crippen molar-refractivity contribution in [2.45, 2.75) is 40.0 Å². The number of fused-ring (bicyclic) bond motifs is 1. The molecule has 29 heavy (non-hydrogen) atoms. The van der Waals surface area contributed by atoms with E-state index in [-0.39, 0.29) is 11.3 Å². The number of aromatic nitrogens is 3. The summed E-state index contributed by atoms with van der Waals surface area (Å²) in [5, 5.41) is 8.28. The van der Waals surface area contributed by atoms with E-state index in [9.17, 15) is 4.79 Å². The normalized spacial score (nSPS) is 11.8. The lowest BCUT2D eigenvalue weighted by molar-refractivity contribution is 0.102. The molecule has 6 heteroatoms. The van der Waals surface area contributed by atoms with Crippen LogP contribution >= 0.6 is 11.3 Å². The highest BCUT2D eigenvalue weighted by atomic mass is 32.1. The summed E-state index contributed by atoms with van der Waals surface area (Å²) < 4.78 is 2.82. The van der Waals surface area contributed by atoms with Gasteiger partial charge in [-0.25, -0.2) is 4.98 Å². The Morgan fingerprint density at radius 2 is 1.86 bits per heavy atom. The molecule has 0 fully saturated rings. The zero-order valence-electron chi connectivity index (χ0n) is 17.3. The van der Waals surface area contributed by atoms with E-state index in [2.05, 4.69) is 49.4 Å². The van der Waals surface area contributed by atoms with Gasteiger partial charge in [-0.15, -0.1) is 0 Å². The van der Waals surface area contributed by atoms with Crippen LogP contribution in [0.3, 0.4) is 0 Å². The second-order valence-electron chi connectivity index (χ2n) is 8.34. The molecule has 0 saturated heterocycles. The van der Waals surface area contributed by atoms with Gasteiger partial charge in [-0.3, -0.25) is 4.79 Å². The average molecular weight is 405 g/mol. The summed E-state index contributed by atoms with van der Waals surface area (Å²) in [5.74, 6) is 0.454. The van der Waals surface area contributed by atoms with Gasteiger partial charge in [0.2, 0.25) is 5.13 Å². The lowest BCUT2D eigenvalue weighted by Gasteiger charge is -2.18. The van der Waals surface area contributed by atoms with Crippen molar-refractivity contribution in [2.24, 2.45) is 0 Å². The first kappa shape index (κ1) is 19.3. The fraction of sp³-hybridized carbons (Fsp3) is 0.261. The summed E-state index contributed by atoms with van der Waals surface area (Å²) in [4.78, 5) is 17.5. The summed E-state index contributed by atoms with van der Waals surface area (Å²) in [6, 6.07) is 15.8. The standard InChI is InChI=1S/C23H24N4OS/c1-14-7-6-8-16(11-14)21(28)25-20-12-15(2)26-27(20)22-24-18-10-9-17(23(3,4)5)13-19(18)29-22/h6-13H,1-5H3,(H,25,28). The zero-order chi connectivity index (χ0) is 20.8. The van der Waals surface area contributed by atoms with Gasteiger partial charge in [0.05, 0.1) is 15.9 Å². The highest BCUT2D eigenvalue weighted by Gasteiger charge is 2.18. The maximum absolute atomic E-state index is 12.7. The Hall–Kier alpha value is -2.99. The van der Waals surface area contributed by atoms with Crippen molar-refractivity contribution >= 4 is 33.3 Å². The molecule has 0 atom stereocenters. The lowest BCUT2D eigenvalue weighted by Crippen LogP contribution is -2.15. The number of hydrogen-bond acceptors (Lipinski definition) is 4. The summed E-state index contributed by atoms with van der Waals surface area (Å²) in [6.45, 7) is 10.5. The van der Waals surface area contributed by atoms with Crippen LogP contribution in [0.1, 0.15) is 48.0 Å². The molecule has 0 saturated carbocycles. The van der Waals surface area contributed by atoms with Gasteiger partial charge in [0, 0.05) is 11.6 Å². The van der Waals surface area contributed by atoms with Gasteiger partial charge in [0.15, 0.2) is 0 Å².